The predicted octanol–water partition coefficient (Wildman–Crippen LogP) is 1.54. The molecule has 1 N–H and O–H groups in total. The largest absolute Gasteiger partial charge is 0.366 e. The lowest BCUT2D eigenvalue weighted by Crippen LogP contribution is -2.17. The molecule has 0 fully saturated rings. The van der Waals surface area contributed by atoms with Crippen molar-refractivity contribution < 1.29 is 0 Å². The van der Waals surface area contributed by atoms with Crippen LogP contribution in [0.1, 0.15) is 0 Å². The first-order chi connectivity index (χ1) is 3.63. The Morgan fingerprint density at radius 1 is 1.88 bits per heavy atom. The summed E-state index contributed by atoms with van der Waals surface area (Å²) in [4.78, 5) is 0. The van der Waals surface area contributed by atoms with E-state index in [1.807, 2.05) is 0 Å². The van der Waals surface area contributed by atoms with Crippen molar-refractivity contribution in [3.8, 4) is 0 Å². The molecule has 0 saturated heterocycles. The molecule has 0 atom stereocenters. The van der Waals surface area contributed by atoms with Gasteiger partial charge in [0.2, 0.25) is 0 Å². The van der Waals surface area contributed by atoms with Crippen LogP contribution in [0.5, 0.6) is 0 Å². The molecule has 0 aliphatic rings. The maximum atomic E-state index is 5.37. The molecule has 0 aromatic rings. The molecule has 0 unspecified atom stereocenters. The molecule has 0 heterocycles. The highest BCUT2D eigenvalue weighted by atomic mass is 35.5. The Bertz CT molecular complexity index is 98.6. The van der Waals surface area contributed by atoms with Gasteiger partial charge in [0.15, 0.2) is 0 Å². The summed E-state index contributed by atoms with van der Waals surface area (Å²) in [6.45, 7) is 3.93. The van der Waals surface area contributed by atoms with E-state index in [0.29, 0.717) is 15.9 Å². The molecule has 8 heavy (non-hydrogen) atoms. The SMILES string of the molecule is C=C(Cl)CNC(=S)S. The normalized spacial score (nSPS) is 8.25. The molecule has 0 rings (SSSR count). The molecule has 0 aliphatic carbocycles. The number of thiocarbonyl (C=S) groups is 1. The summed E-state index contributed by atoms with van der Waals surface area (Å²) in [6, 6.07) is 0. The highest BCUT2D eigenvalue weighted by molar-refractivity contribution is 8.11. The summed E-state index contributed by atoms with van der Waals surface area (Å²) >= 11 is 13.7. The van der Waals surface area contributed by atoms with Crippen LogP contribution in [-0.2, 0) is 0 Å². The Labute approximate surface area is 64.5 Å². The van der Waals surface area contributed by atoms with Gasteiger partial charge in [0.1, 0.15) is 4.32 Å². The third-order valence-corrected chi connectivity index (χ3v) is 0.868. The Kier molecular flexibility index (Phi) is 4.32. The minimum Gasteiger partial charge on any atom is -0.366 e. The van der Waals surface area contributed by atoms with Gasteiger partial charge in [0.25, 0.3) is 0 Å². The lowest BCUT2D eigenvalue weighted by atomic mass is 10.6. The van der Waals surface area contributed by atoms with Gasteiger partial charge in [-0.25, -0.2) is 0 Å². The van der Waals surface area contributed by atoms with E-state index < -0.39 is 0 Å². The van der Waals surface area contributed by atoms with Crippen LogP contribution < -0.4 is 5.32 Å². The number of halogens is 1. The van der Waals surface area contributed by atoms with Crippen LogP contribution in [0.2, 0.25) is 0 Å². The molecule has 0 aliphatic heterocycles. The van der Waals surface area contributed by atoms with Gasteiger partial charge in [-0.3, -0.25) is 0 Å². The number of rotatable bonds is 2. The van der Waals surface area contributed by atoms with Crippen LogP contribution in [0, 0.1) is 0 Å². The van der Waals surface area contributed by atoms with Crippen LogP contribution in [0.4, 0.5) is 0 Å². The molecular formula is C4H6ClNS2. The van der Waals surface area contributed by atoms with Gasteiger partial charge in [-0.1, -0.05) is 30.4 Å². The summed E-state index contributed by atoms with van der Waals surface area (Å²) < 4.78 is 0.437. The number of hydrogen-bond donors (Lipinski definition) is 2. The second-order valence-electron chi connectivity index (χ2n) is 1.18. The predicted molar refractivity (Wildman–Crippen MR) is 44.6 cm³/mol. The summed E-state index contributed by atoms with van der Waals surface area (Å²) in [6.07, 6.45) is 0. The first-order valence-electron chi connectivity index (χ1n) is 1.93. The maximum absolute atomic E-state index is 5.37. The highest BCUT2D eigenvalue weighted by Gasteiger charge is 1.86. The summed E-state index contributed by atoms with van der Waals surface area (Å²) in [7, 11) is 0. The van der Waals surface area contributed by atoms with E-state index in [4.69, 9.17) is 11.6 Å². The van der Waals surface area contributed by atoms with Crippen molar-refractivity contribution >= 4 is 40.8 Å². The van der Waals surface area contributed by atoms with E-state index in [9.17, 15) is 0 Å². The van der Waals surface area contributed by atoms with Crippen molar-refractivity contribution in [1.82, 2.24) is 5.32 Å². The minimum absolute atomic E-state index is 0.437. The minimum atomic E-state index is 0.437. The van der Waals surface area contributed by atoms with Crippen molar-refractivity contribution in [1.29, 1.82) is 0 Å². The van der Waals surface area contributed by atoms with Gasteiger partial charge in [0.05, 0.1) is 6.54 Å². The van der Waals surface area contributed by atoms with Crippen molar-refractivity contribution in [2.45, 2.75) is 0 Å². The zero-order valence-electron chi connectivity index (χ0n) is 4.15. The van der Waals surface area contributed by atoms with Gasteiger partial charge < -0.3 is 5.32 Å². The van der Waals surface area contributed by atoms with Crippen LogP contribution >= 0.6 is 36.4 Å². The average Bonchev–Trinajstić information content (AvgIpc) is 1.61. The molecule has 0 spiro atoms. The Balaban J connectivity index is 3.18. The summed E-state index contributed by atoms with van der Waals surface area (Å²) in [5.74, 6) is 0. The zero-order chi connectivity index (χ0) is 6.57. The number of thiol groups is 1. The fraction of sp³-hybridized carbons (Fsp3) is 0.250. The quantitative estimate of drug-likeness (QED) is 0.478. The van der Waals surface area contributed by atoms with Crippen LogP contribution in [0.25, 0.3) is 0 Å². The molecule has 4 heteroatoms. The number of hydrogen-bond acceptors (Lipinski definition) is 1. The lowest BCUT2D eigenvalue weighted by molar-refractivity contribution is 1.07. The second kappa shape index (κ2) is 4.18. The first kappa shape index (κ1) is 8.27. The van der Waals surface area contributed by atoms with E-state index in [1.54, 1.807) is 0 Å². The summed E-state index contributed by atoms with van der Waals surface area (Å²) in [5.41, 5.74) is 0. The molecule has 0 saturated carbocycles. The van der Waals surface area contributed by atoms with Gasteiger partial charge in [-0.2, -0.15) is 0 Å². The standard InChI is InChI=1S/C4H6ClNS2/c1-3(5)2-6-4(7)8/h1-2H2,(H2,6,7,8). The van der Waals surface area contributed by atoms with Crippen LogP contribution in [0.15, 0.2) is 11.6 Å². The topological polar surface area (TPSA) is 12.0 Å². The molecule has 0 radical (unpaired) electrons. The van der Waals surface area contributed by atoms with Crippen LogP contribution in [0.3, 0.4) is 0 Å². The molecule has 0 bridgehead atoms. The van der Waals surface area contributed by atoms with E-state index >= 15 is 0 Å². The fourth-order valence-electron chi connectivity index (χ4n) is 0.172. The van der Waals surface area contributed by atoms with Crippen molar-refractivity contribution in [3.05, 3.63) is 11.6 Å². The fourth-order valence-corrected chi connectivity index (χ4v) is 0.390. The molecule has 0 amide bonds. The Morgan fingerprint density at radius 2 is 2.38 bits per heavy atom. The molecular weight excluding hydrogens is 162 g/mol. The maximum Gasteiger partial charge on any atom is 0.130 e. The first-order valence-corrected chi connectivity index (χ1v) is 3.16. The lowest BCUT2D eigenvalue weighted by Gasteiger charge is -1.97. The number of nitrogens with one attached hydrogen (secondary N) is 1. The van der Waals surface area contributed by atoms with Crippen LogP contribution in [-0.4, -0.2) is 10.9 Å². The monoisotopic (exact) mass is 167 g/mol. The van der Waals surface area contributed by atoms with E-state index in [2.05, 4.69) is 36.7 Å². The van der Waals surface area contributed by atoms with Gasteiger partial charge in [-0.15, -0.1) is 12.6 Å². The highest BCUT2D eigenvalue weighted by Crippen LogP contribution is 1.92. The molecule has 0 aromatic heterocycles. The summed E-state index contributed by atoms with van der Waals surface area (Å²) in [5, 5.41) is 3.24. The van der Waals surface area contributed by atoms with E-state index in [0.717, 1.165) is 0 Å². The van der Waals surface area contributed by atoms with Gasteiger partial charge >= 0.3 is 0 Å². The third-order valence-electron chi connectivity index (χ3n) is 0.431. The van der Waals surface area contributed by atoms with E-state index in [1.165, 1.54) is 0 Å². The molecule has 46 valence electrons. The van der Waals surface area contributed by atoms with Crippen molar-refractivity contribution in [3.63, 3.8) is 0 Å². The second-order valence-corrected chi connectivity index (χ2v) is 2.87. The van der Waals surface area contributed by atoms with Crippen molar-refractivity contribution in [2.75, 3.05) is 6.54 Å². The van der Waals surface area contributed by atoms with Crippen molar-refractivity contribution in [2.24, 2.45) is 0 Å². The Hall–Kier alpha value is 0.270. The van der Waals surface area contributed by atoms with Gasteiger partial charge in [-0.05, 0) is 0 Å². The van der Waals surface area contributed by atoms with E-state index in [-0.39, 0.29) is 0 Å². The molecule has 0 aromatic carbocycles. The Morgan fingerprint density at radius 3 is 2.50 bits per heavy atom. The smallest absolute Gasteiger partial charge is 0.130 e. The molecule has 1 nitrogen and oxygen atoms in total. The average molecular weight is 168 g/mol. The third kappa shape index (κ3) is 6.27. The van der Waals surface area contributed by atoms with Gasteiger partial charge in [0, 0.05) is 5.03 Å². The zero-order valence-corrected chi connectivity index (χ0v) is 6.61.